The Morgan fingerprint density at radius 3 is 2.62 bits per heavy atom. The lowest BCUT2D eigenvalue weighted by Crippen LogP contribution is -2.38. The van der Waals surface area contributed by atoms with Crippen LogP contribution in [0.3, 0.4) is 0 Å². The zero-order chi connectivity index (χ0) is 11.6. The molecule has 96 valence electrons. The van der Waals surface area contributed by atoms with E-state index in [1.54, 1.807) is 0 Å². The lowest BCUT2D eigenvalue weighted by atomic mass is 10.1. The Morgan fingerprint density at radius 1 is 1.25 bits per heavy atom. The van der Waals surface area contributed by atoms with Crippen molar-refractivity contribution in [2.75, 3.05) is 44.8 Å². The maximum absolute atomic E-state index is 5.73. The number of hydrogen-bond acceptors (Lipinski definition) is 3. The van der Waals surface area contributed by atoms with Crippen LogP contribution in [0.15, 0.2) is 0 Å². The minimum atomic E-state index is 0.487. The van der Waals surface area contributed by atoms with Gasteiger partial charge in [0, 0.05) is 38.2 Å². The Kier molecular flexibility index (Phi) is 8.47. The number of hydrogen-bond donors (Lipinski definition) is 0. The normalized spacial score (nSPS) is 19.1. The smallest absolute Gasteiger partial charge is 0.0599 e. The fraction of sp³-hybridized carbons (Fsp3) is 1.00. The quantitative estimate of drug-likeness (QED) is 0.506. The molecule has 0 aromatic carbocycles. The van der Waals surface area contributed by atoms with E-state index in [9.17, 15) is 0 Å². The average molecular weight is 294 g/mol. The maximum atomic E-state index is 5.73. The lowest BCUT2D eigenvalue weighted by molar-refractivity contribution is 0.0139. The van der Waals surface area contributed by atoms with Crippen LogP contribution in [-0.4, -0.2) is 55.8 Å². The summed E-state index contributed by atoms with van der Waals surface area (Å²) in [6.45, 7) is 8.16. The molecular weight excluding hydrogens is 270 g/mol. The first kappa shape index (κ1) is 14.4. The monoisotopic (exact) mass is 293 g/mol. The standard InChI is InChI=1S/C12H24BrNO2/c1-2-15-10-3-7-14-8-4-12(5-9-14)16-11-6-13/h12H,2-11H2,1H3. The SMILES string of the molecule is CCOCCCN1CCC(OCCBr)CC1. The highest BCUT2D eigenvalue weighted by atomic mass is 79.9. The average Bonchev–Trinajstić information content (AvgIpc) is 2.33. The van der Waals surface area contributed by atoms with Crippen molar-refractivity contribution in [1.82, 2.24) is 4.90 Å². The van der Waals surface area contributed by atoms with Crippen molar-refractivity contribution in [3.63, 3.8) is 0 Å². The van der Waals surface area contributed by atoms with Crippen LogP contribution in [0.2, 0.25) is 0 Å². The number of rotatable bonds is 8. The molecule has 0 unspecified atom stereocenters. The molecular formula is C12H24BrNO2. The molecule has 0 spiro atoms. The van der Waals surface area contributed by atoms with Gasteiger partial charge in [0.05, 0.1) is 12.7 Å². The van der Waals surface area contributed by atoms with Gasteiger partial charge < -0.3 is 14.4 Å². The molecule has 1 heterocycles. The summed E-state index contributed by atoms with van der Waals surface area (Å²) in [5.41, 5.74) is 0. The van der Waals surface area contributed by atoms with E-state index < -0.39 is 0 Å². The van der Waals surface area contributed by atoms with E-state index in [0.717, 1.165) is 31.6 Å². The summed E-state index contributed by atoms with van der Waals surface area (Å²) in [4.78, 5) is 2.52. The Bertz CT molecular complexity index is 161. The first-order valence-electron chi connectivity index (χ1n) is 6.34. The van der Waals surface area contributed by atoms with Crippen molar-refractivity contribution >= 4 is 15.9 Å². The largest absolute Gasteiger partial charge is 0.382 e. The summed E-state index contributed by atoms with van der Waals surface area (Å²) in [5, 5.41) is 0.946. The van der Waals surface area contributed by atoms with Gasteiger partial charge in [-0.1, -0.05) is 15.9 Å². The molecule has 0 aromatic rings. The zero-order valence-corrected chi connectivity index (χ0v) is 11.9. The van der Waals surface area contributed by atoms with Crippen molar-refractivity contribution in [2.45, 2.75) is 32.3 Å². The van der Waals surface area contributed by atoms with E-state index >= 15 is 0 Å². The zero-order valence-electron chi connectivity index (χ0n) is 10.3. The van der Waals surface area contributed by atoms with Crippen LogP contribution in [0.1, 0.15) is 26.2 Å². The Balaban J connectivity index is 1.98. The second kappa shape index (κ2) is 9.40. The van der Waals surface area contributed by atoms with Gasteiger partial charge >= 0.3 is 0 Å². The van der Waals surface area contributed by atoms with Gasteiger partial charge in [-0.3, -0.25) is 0 Å². The highest BCUT2D eigenvalue weighted by molar-refractivity contribution is 9.09. The first-order valence-corrected chi connectivity index (χ1v) is 7.46. The van der Waals surface area contributed by atoms with Gasteiger partial charge in [0.2, 0.25) is 0 Å². The van der Waals surface area contributed by atoms with Gasteiger partial charge in [0.1, 0.15) is 0 Å². The van der Waals surface area contributed by atoms with Crippen LogP contribution >= 0.6 is 15.9 Å². The summed E-state index contributed by atoms with van der Waals surface area (Å²) < 4.78 is 11.1. The van der Waals surface area contributed by atoms with Gasteiger partial charge in [-0.25, -0.2) is 0 Å². The summed E-state index contributed by atoms with van der Waals surface area (Å²) in [6, 6.07) is 0. The van der Waals surface area contributed by atoms with Crippen molar-refractivity contribution in [3.8, 4) is 0 Å². The molecule has 4 heteroatoms. The van der Waals surface area contributed by atoms with Crippen LogP contribution in [0, 0.1) is 0 Å². The number of piperidine rings is 1. The number of likely N-dealkylation sites (tertiary alicyclic amines) is 1. The molecule has 0 atom stereocenters. The fourth-order valence-electron chi connectivity index (χ4n) is 2.05. The molecule has 1 saturated heterocycles. The molecule has 3 nitrogen and oxygen atoms in total. The Hall–Kier alpha value is 0.360. The number of nitrogens with zero attached hydrogens (tertiary/aromatic N) is 1. The maximum Gasteiger partial charge on any atom is 0.0599 e. The molecule has 0 amide bonds. The number of ether oxygens (including phenoxy) is 2. The second-order valence-corrected chi connectivity index (χ2v) is 4.94. The Morgan fingerprint density at radius 2 is 2.00 bits per heavy atom. The molecule has 1 rings (SSSR count). The summed E-state index contributed by atoms with van der Waals surface area (Å²) >= 11 is 3.39. The minimum absolute atomic E-state index is 0.487. The van der Waals surface area contributed by atoms with Crippen LogP contribution in [0.4, 0.5) is 0 Å². The van der Waals surface area contributed by atoms with Crippen molar-refractivity contribution in [3.05, 3.63) is 0 Å². The molecule has 0 saturated carbocycles. The molecule has 1 aliphatic rings. The highest BCUT2D eigenvalue weighted by Gasteiger charge is 2.18. The minimum Gasteiger partial charge on any atom is -0.382 e. The predicted molar refractivity (Wildman–Crippen MR) is 70.3 cm³/mol. The van der Waals surface area contributed by atoms with Crippen molar-refractivity contribution < 1.29 is 9.47 Å². The van der Waals surface area contributed by atoms with E-state index in [1.807, 2.05) is 6.92 Å². The number of alkyl halides is 1. The molecule has 1 aliphatic heterocycles. The third kappa shape index (κ3) is 6.18. The van der Waals surface area contributed by atoms with E-state index in [2.05, 4.69) is 20.8 Å². The number of halogens is 1. The van der Waals surface area contributed by atoms with E-state index in [-0.39, 0.29) is 0 Å². The van der Waals surface area contributed by atoms with Gasteiger partial charge in [0.25, 0.3) is 0 Å². The Labute approximate surface area is 108 Å². The first-order chi connectivity index (χ1) is 7.86. The molecule has 0 radical (unpaired) electrons. The van der Waals surface area contributed by atoms with Gasteiger partial charge in [-0.05, 0) is 26.2 Å². The summed E-state index contributed by atoms with van der Waals surface area (Å²) in [5.74, 6) is 0. The van der Waals surface area contributed by atoms with Crippen LogP contribution < -0.4 is 0 Å². The highest BCUT2D eigenvalue weighted by Crippen LogP contribution is 2.13. The van der Waals surface area contributed by atoms with Gasteiger partial charge in [-0.2, -0.15) is 0 Å². The lowest BCUT2D eigenvalue weighted by Gasteiger charge is -2.31. The molecule has 1 fully saturated rings. The molecule has 0 aliphatic carbocycles. The van der Waals surface area contributed by atoms with Crippen molar-refractivity contribution in [2.24, 2.45) is 0 Å². The van der Waals surface area contributed by atoms with Crippen LogP contribution in [0.5, 0.6) is 0 Å². The summed E-state index contributed by atoms with van der Waals surface area (Å²) in [7, 11) is 0. The fourth-order valence-corrected chi connectivity index (χ4v) is 2.23. The predicted octanol–water partition coefficient (Wildman–Crippen LogP) is 2.29. The van der Waals surface area contributed by atoms with Gasteiger partial charge in [0.15, 0.2) is 0 Å². The third-order valence-electron chi connectivity index (χ3n) is 2.93. The molecule has 0 aromatic heterocycles. The molecule has 0 bridgehead atoms. The van der Waals surface area contributed by atoms with Crippen LogP contribution in [0.25, 0.3) is 0 Å². The summed E-state index contributed by atoms with van der Waals surface area (Å²) in [6.07, 6.45) is 4.00. The van der Waals surface area contributed by atoms with E-state index in [0.29, 0.717) is 6.10 Å². The van der Waals surface area contributed by atoms with Crippen LogP contribution in [-0.2, 0) is 9.47 Å². The van der Waals surface area contributed by atoms with Gasteiger partial charge in [-0.15, -0.1) is 0 Å². The topological polar surface area (TPSA) is 21.7 Å². The van der Waals surface area contributed by atoms with E-state index in [1.165, 1.54) is 32.5 Å². The molecule has 0 N–H and O–H groups in total. The van der Waals surface area contributed by atoms with Crippen molar-refractivity contribution in [1.29, 1.82) is 0 Å². The van der Waals surface area contributed by atoms with E-state index in [4.69, 9.17) is 9.47 Å². The third-order valence-corrected chi connectivity index (χ3v) is 3.26. The molecule has 16 heavy (non-hydrogen) atoms. The second-order valence-electron chi connectivity index (χ2n) is 4.15.